The third-order valence-electron chi connectivity index (χ3n) is 2.06. The van der Waals surface area contributed by atoms with Crippen molar-refractivity contribution in [3.8, 4) is 0 Å². The molecule has 0 N–H and O–H groups in total. The summed E-state index contributed by atoms with van der Waals surface area (Å²) in [6.07, 6.45) is 3.82. The van der Waals surface area contributed by atoms with E-state index < -0.39 is 0 Å². The lowest BCUT2D eigenvalue weighted by atomic mass is 10.1. The van der Waals surface area contributed by atoms with E-state index in [1.807, 2.05) is 13.0 Å². The Labute approximate surface area is 94.6 Å². The van der Waals surface area contributed by atoms with Gasteiger partial charge in [0.2, 0.25) is 0 Å². The van der Waals surface area contributed by atoms with Gasteiger partial charge >= 0.3 is 5.97 Å². The Hall–Kier alpha value is -1.09. The lowest BCUT2D eigenvalue weighted by Crippen LogP contribution is -2.05. The number of rotatable bonds is 5. The zero-order valence-corrected chi connectivity index (χ0v) is 9.97. The van der Waals surface area contributed by atoms with Gasteiger partial charge in [-0.05, 0) is 49.1 Å². The van der Waals surface area contributed by atoms with Gasteiger partial charge < -0.3 is 4.74 Å². The maximum atomic E-state index is 11.2. The molecule has 0 aliphatic heterocycles. The van der Waals surface area contributed by atoms with Gasteiger partial charge in [0.05, 0.1) is 6.61 Å². The molecule has 1 aromatic heterocycles. The first-order valence-corrected chi connectivity index (χ1v) is 6.03. The molecule has 15 heavy (non-hydrogen) atoms. The van der Waals surface area contributed by atoms with Crippen LogP contribution in [0.2, 0.25) is 0 Å². The van der Waals surface area contributed by atoms with Crippen LogP contribution in [0.5, 0.6) is 0 Å². The average Bonchev–Trinajstić information content (AvgIpc) is 2.71. The molecular formula is C12H16O2S. The van der Waals surface area contributed by atoms with Crippen molar-refractivity contribution < 1.29 is 9.53 Å². The number of allylic oxidation sites excluding steroid dienone is 1. The van der Waals surface area contributed by atoms with Crippen molar-refractivity contribution in [3.63, 3.8) is 0 Å². The molecule has 0 aliphatic rings. The van der Waals surface area contributed by atoms with E-state index in [9.17, 15) is 4.79 Å². The molecule has 1 rings (SSSR count). The normalized spacial score (nSPS) is 11.5. The summed E-state index contributed by atoms with van der Waals surface area (Å²) in [5.74, 6) is -0.206. The van der Waals surface area contributed by atoms with Crippen molar-refractivity contribution in [3.05, 3.63) is 34.0 Å². The van der Waals surface area contributed by atoms with Gasteiger partial charge in [0.1, 0.15) is 0 Å². The third-order valence-corrected chi connectivity index (χ3v) is 2.79. The fraction of sp³-hybridized carbons (Fsp3) is 0.417. The first kappa shape index (κ1) is 12.0. The molecule has 1 aromatic rings. The topological polar surface area (TPSA) is 26.3 Å². The maximum absolute atomic E-state index is 11.2. The van der Waals surface area contributed by atoms with Crippen LogP contribution in [0.4, 0.5) is 0 Å². The van der Waals surface area contributed by atoms with Gasteiger partial charge in [-0.15, -0.1) is 0 Å². The first-order chi connectivity index (χ1) is 7.24. The summed E-state index contributed by atoms with van der Waals surface area (Å²) in [6.45, 7) is 4.05. The van der Waals surface area contributed by atoms with Gasteiger partial charge in [-0.25, -0.2) is 4.79 Å². The lowest BCUT2D eigenvalue weighted by Gasteiger charge is -2.00. The Kier molecular flexibility index (Phi) is 5.12. The van der Waals surface area contributed by atoms with E-state index in [1.54, 1.807) is 18.3 Å². The average molecular weight is 224 g/mol. The molecule has 82 valence electrons. The third kappa shape index (κ3) is 4.30. The second-order valence-corrected chi connectivity index (χ2v) is 4.06. The van der Waals surface area contributed by atoms with Crippen LogP contribution < -0.4 is 0 Å². The van der Waals surface area contributed by atoms with Crippen LogP contribution in [-0.2, 0) is 16.0 Å². The van der Waals surface area contributed by atoms with Crippen molar-refractivity contribution in [2.75, 3.05) is 6.61 Å². The molecule has 0 radical (unpaired) electrons. The van der Waals surface area contributed by atoms with Crippen molar-refractivity contribution in [1.82, 2.24) is 0 Å². The monoisotopic (exact) mass is 224 g/mol. The minimum Gasteiger partial charge on any atom is -0.463 e. The van der Waals surface area contributed by atoms with E-state index in [2.05, 4.69) is 16.8 Å². The number of ether oxygens (including phenoxy) is 1. The molecular weight excluding hydrogens is 208 g/mol. The molecule has 0 atom stereocenters. The molecule has 0 aromatic carbocycles. The Morgan fingerprint density at radius 3 is 3.00 bits per heavy atom. The number of carbonyl (C=O) groups excluding carboxylic acids is 1. The molecule has 0 aliphatic carbocycles. The van der Waals surface area contributed by atoms with Crippen LogP contribution in [-0.4, -0.2) is 12.6 Å². The second-order valence-electron chi connectivity index (χ2n) is 3.28. The highest BCUT2D eigenvalue weighted by Crippen LogP contribution is 2.09. The van der Waals surface area contributed by atoms with Crippen LogP contribution in [0, 0.1) is 0 Å². The van der Waals surface area contributed by atoms with E-state index in [-0.39, 0.29) is 5.97 Å². The maximum Gasteiger partial charge on any atom is 0.333 e. The lowest BCUT2D eigenvalue weighted by molar-refractivity contribution is -0.138. The highest BCUT2D eigenvalue weighted by atomic mass is 32.1. The van der Waals surface area contributed by atoms with Gasteiger partial charge in [-0.1, -0.05) is 6.08 Å². The summed E-state index contributed by atoms with van der Waals surface area (Å²) in [5, 5.41) is 4.20. The summed E-state index contributed by atoms with van der Waals surface area (Å²) in [7, 11) is 0. The van der Waals surface area contributed by atoms with Gasteiger partial charge in [0.25, 0.3) is 0 Å². The van der Waals surface area contributed by atoms with Crippen LogP contribution in [0.25, 0.3) is 0 Å². The molecule has 0 spiro atoms. The molecule has 1 heterocycles. The number of hydrogen-bond donors (Lipinski definition) is 0. The number of carbonyl (C=O) groups is 1. The highest BCUT2D eigenvalue weighted by molar-refractivity contribution is 7.07. The Bertz CT molecular complexity index is 325. The van der Waals surface area contributed by atoms with Gasteiger partial charge in [-0.3, -0.25) is 0 Å². The zero-order valence-electron chi connectivity index (χ0n) is 9.16. The molecule has 0 saturated carbocycles. The standard InChI is InChI=1S/C12H16O2S/c1-3-14-12(13)10(2)5-4-6-11-7-8-15-9-11/h5,7-9H,3-4,6H2,1-2H3. The molecule has 3 heteroatoms. The van der Waals surface area contributed by atoms with Crippen LogP contribution >= 0.6 is 11.3 Å². The number of thiophene rings is 1. The number of hydrogen-bond acceptors (Lipinski definition) is 3. The van der Waals surface area contributed by atoms with E-state index in [1.165, 1.54) is 5.56 Å². The van der Waals surface area contributed by atoms with Crippen LogP contribution in [0.1, 0.15) is 25.8 Å². The van der Waals surface area contributed by atoms with Crippen molar-refractivity contribution in [1.29, 1.82) is 0 Å². The summed E-state index contributed by atoms with van der Waals surface area (Å²) in [4.78, 5) is 11.2. The minimum atomic E-state index is -0.206. The fourth-order valence-electron chi connectivity index (χ4n) is 1.22. The van der Waals surface area contributed by atoms with Crippen LogP contribution in [0.3, 0.4) is 0 Å². The highest BCUT2D eigenvalue weighted by Gasteiger charge is 2.03. The second kappa shape index (κ2) is 6.40. The predicted molar refractivity (Wildman–Crippen MR) is 63.0 cm³/mol. The quantitative estimate of drug-likeness (QED) is 0.567. The summed E-state index contributed by atoms with van der Waals surface area (Å²) >= 11 is 1.70. The summed E-state index contributed by atoms with van der Waals surface area (Å²) < 4.78 is 4.89. The molecule has 0 fully saturated rings. The molecule has 2 nitrogen and oxygen atoms in total. The SMILES string of the molecule is CCOC(=O)C(C)=CCCc1ccsc1. The first-order valence-electron chi connectivity index (χ1n) is 5.09. The Balaban J connectivity index is 2.34. The van der Waals surface area contributed by atoms with Crippen LogP contribution in [0.15, 0.2) is 28.5 Å². The largest absolute Gasteiger partial charge is 0.463 e. The Morgan fingerprint density at radius 1 is 1.60 bits per heavy atom. The predicted octanol–water partition coefficient (Wildman–Crippen LogP) is 3.19. The number of aryl methyl sites for hydroxylation is 1. The Morgan fingerprint density at radius 2 is 2.40 bits per heavy atom. The van der Waals surface area contributed by atoms with E-state index in [4.69, 9.17) is 4.74 Å². The summed E-state index contributed by atoms with van der Waals surface area (Å²) in [6, 6.07) is 2.11. The number of esters is 1. The summed E-state index contributed by atoms with van der Waals surface area (Å²) in [5.41, 5.74) is 2.03. The van der Waals surface area contributed by atoms with E-state index >= 15 is 0 Å². The van der Waals surface area contributed by atoms with Crippen molar-refractivity contribution in [2.45, 2.75) is 26.7 Å². The molecule has 0 bridgehead atoms. The molecule has 0 amide bonds. The molecule has 0 unspecified atom stereocenters. The zero-order chi connectivity index (χ0) is 11.1. The minimum absolute atomic E-state index is 0.206. The van der Waals surface area contributed by atoms with Gasteiger partial charge in [-0.2, -0.15) is 11.3 Å². The van der Waals surface area contributed by atoms with Gasteiger partial charge in [0.15, 0.2) is 0 Å². The van der Waals surface area contributed by atoms with Gasteiger partial charge in [0, 0.05) is 5.57 Å². The molecule has 0 saturated heterocycles. The fourth-order valence-corrected chi connectivity index (χ4v) is 1.92. The van der Waals surface area contributed by atoms with Crippen molar-refractivity contribution in [2.24, 2.45) is 0 Å². The smallest absolute Gasteiger partial charge is 0.333 e. The van der Waals surface area contributed by atoms with E-state index in [0.717, 1.165) is 12.8 Å². The van der Waals surface area contributed by atoms with Crippen molar-refractivity contribution >= 4 is 17.3 Å². The van der Waals surface area contributed by atoms with E-state index in [0.29, 0.717) is 12.2 Å².